The highest BCUT2D eigenvalue weighted by Crippen LogP contribution is 2.17. The third-order valence-corrected chi connectivity index (χ3v) is 3.81. The van der Waals surface area contributed by atoms with Crippen molar-refractivity contribution in [1.29, 1.82) is 0 Å². The molecule has 2 heteroatoms. The van der Waals surface area contributed by atoms with Crippen LogP contribution in [-0.4, -0.2) is 0 Å². The van der Waals surface area contributed by atoms with Crippen molar-refractivity contribution in [3.05, 3.63) is 69.7 Å². The average Bonchev–Trinajstić information content (AvgIpc) is 2.40. The van der Waals surface area contributed by atoms with Crippen LogP contribution < -0.4 is 5.32 Å². The molecule has 0 amide bonds. The molecule has 2 aromatic rings. The lowest BCUT2D eigenvalue weighted by molar-refractivity contribution is 0.574. The molecule has 0 saturated carbocycles. The van der Waals surface area contributed by atoms with Crippen molar-refractivity contribution in [3.63, 3.8) is 0 Å². The van der Waals surface area contributed by atoms with Gasteiger partial charge in [0, 0.05) is 17.6 Å². The second-order valence-electron chi connectivity index (χ2n) is 5.07. The zero-order valence-corrected chi connectivity index (χ0v) is 12.5. The Balaban J connectivity index is 1.98. The van der Waals surface area contributed by atoms with Gasteiger partial charge in [-0.05, 0) is 55.2 Å². The van der Waals surface area contributed by atoms with Crippen LogP contribution in [0, 0.1) is 13.8 Å². The largest absolute Gasteiger partial charge is 0.306 e. The van der Waals surface area contributed by atoms with E-state index in [0.29, 0.717) is 6.04 Å². The van der Waals surface area contributed by atoms with Gasteiger partial charge in [0.05, 0.1) is 0 Å². The molecule has 0 aliphatic rings. The van der Waals surface area contributed by atoms with E-state index >= 15 is 0 Å². The average molecular weight is 274 g/mol. The topological polar surface area (TPSA) is 12.0 Å². The predicted octanol–water partition coefficient (Wildman–Crippen LogP) is 4.81. The zero-order valence-electron chi connectivity index (χ0n) is 11.7. The fraction of sp³-hybridized carbons (Fsp3) is 0.294. The minimum atomic E-state index is 0.318. The van der Waals surface area contributed by atoms with Gasteiger partial charge in [-0.2, -0.15) is 0 Å². The van der Waals surface area contributed by atoms with Gasteiger partial charge in [-0.1, -0.05) is 41.9 Å². The minimum absolute atomic E-state index is 0.318. The molecule has 2 aromatic carbocycles. The first kappa shape index (κ1) is 14.1. The number of halogens is 1. The van der Waals surface area contributed by atoms with Gasteiger partial charge in [0.2, 0.25) is 0 Å². The van der Waals surface area contributed by atoms with E-state index in [-0.39, 0.29) is 0 Å². The summed E-state index contributed by atoms with van der Waals surface area (Å²) in [6.07, 6.45) is 0. The Morgan fingerprint density at radius 3 is 2.32 bits per heavy atom. The number of aryl methyl sites for hydroxylation is 2. The first-order valence-electron chi connectivity index (χ1n) is 6.61. The van der Waals surface area contributed by atoms with Crippen LogP contribution in [0.15, 0.2) is 42.5 Å². The maximum absolute atomic E-state index is 5.90. The Hall–Kier alpha value is -1.31. The summed E-state index contributed by atoms with van der Waals surface area (Å²) >= 11 is 5.90. The molecule has 0 bridgehead atoms. The molecule has 0 aromatic heterocycles. The molecular formula is C17H20ClN. The normalized spacial score (nSPS) is 12.4. The Labute approximate surface area is 120 Å². The van der Waals surface area contributed by atoms with Crippen LogP contribution in [0.3, 0.4) is 0 Å². The molecule has 0 unspecified atom stereocenters. The number of rotatable bonds is 4. The maximum Gasteiger partial charge on any atom is 0.0406 e. The Morgan fingerprint density at radius 1 is 1.00 bits per heavy atom. The standard InChI is InChI=1S/C17H20ClN/c1-12-4-5-15(10-13(12)2)11-19-14(3)16-6-8-17(18)9-7-16/h4-10,14,19H,11H2,1-3H3/t14-/m1/s1. The van der Waals surface area contributed by atoms with Crippen LogP contribution in [0.1, 0.15) is 35.2 Å². The smallest absolute Gasteiger partial charge is 0.0406 e. The second-order valence-corrected chi connectivity index (χ2v) is 5.51. The molecule has 0 spiro atoms. The fourth-order valence-electron chi connectivity index (χ4n) is 2.05. The third-order valence-electron chi connectivity index (χ3n) is 3.55. The lowest BCUT2D eigenvalue weighted by Gasteiger charge is -2.15. The van der Waals surface area contributed by atoms with E-state index in [9.17, 15) is 0 Å². The van der Waals surface area contributed by atoms with Gasteiger partial charge in [-0.15, -0.1) is 0 Å². The number of hydrogen-bond acceptors (Lipinski definition) is 1. The van der Waals surface area contributed by atoms with Crippen LogP contribution >= 0.6 is 11.6 Å². The Morgan fingerprint density at radius 2 is 1.68 bits per heavy atom. The van der Waals surface area contributed by atoms with Crippen LogP contribution in [0.2, 0.25) is 5.02 Å². The quantitative estimate of drug-likeness (QED) is 0.843. The highest BCUT2D eigenvalue weighted by molar-refractivity contribution is 6.30. The molecule has 100 valence electrons. The van der Waals surface area contributed by atoms with Crippen molar-refractivity contribution in [2.45, 2.75) is 33.4 Å². The van der Waals surface area contributed by atoms with Crippen molar-refractivity contribution in [1.82, 2.24) is 5.32 Å². The SMILES string of the molecule is Cc1ccc(CN[C@H](C)c2ccc(Cl)cc2)cc1C. The van der Waals surface area contributed by atoms with E-state index in [4.69, 9.17) is 11.6 Å². The fourth-order valence-corrected chi connectivity index (χ4v) is 2.18. The molecule has 0 heterocycles. The summed E-state index contributed by atoms with van der Waals surface area (Å²) in [5.41, 5.74) is 5.27. The molecule has 2 rings (SSSR count). The summed E-state index contributed by atoms with van der Waals surface area (Å²) in [4.78, 5) is 0. The number of hydrogen-bond donors (Lipinski definition) is 1. The lowest BCUT2D eigenvalue weighted by Crippen LogP contribution is -2.18. The van der Waals surface area contributed by atoms with Gasteiger partial charge in [0.15, 0.2) is 0 Å². The van der Waals surface area contributed by atoms with Crippen LogP contribution in [0.4, 0.5) is 0 Å². The van der Waals surface area contributed by atoms with Gasteiger partial charge >= 0.3 is 0 Å². The highest BCUT2D eigenvalue weighted by atomic mass is 35.5. The van der Waals surface area contributed by atoms with Crippen molar-refractivity contribution < 1.29 is 0 Å². The first-order chi connectivity index (χ1) is 9.06. The maximum atomic E-state index is 5.90. The summed E-state index contributed by atoms with van der Waals surface area (Å²) in [5, 5.41) is 4.32. The predicted molar refractivity (Wildman–Crippen MR) is 82.6 cm³/mol. The molecule has 1 nitrogen and oxygen atoms in total. The molecule has 0 fully saturated rings. The van der Waals surface area contributed by atoms with Crippen molar-refractivity contribution >= 4 is 11.6 Å². The van der Waals surface area contributed by atoms with E-state index in [1.54, 1.807) is 0 Å². The molecule has 0 radical (unpaired) electrons. The Bertz CT molecular complexity index is 546. The third kappa shape index (κ3) is 3.82. The van der Waals surface area contributed by atoms with Gasteiger partial charge < -0.3 is 5.32 Å². The monoisotopic (exact) mass is 273 g/mol. The van der Waals surface area contributed by atoms with E-state index < -0.39 is 0 Å². The number of benzene rings is 2. The van der Waals surface area contributed by atoms with Crippen molar-refractivity contribution in [2.75, 3.05) is 0 Å². The van der Waals surface area contributed by atoms with Gasteiger partial charge in [-0.3, -0.25) is 0 Å². The molecule has 0 aliphatic carbocycles. The van der Waals surface area contributed by atoms with Gasteiger partial charge in [0.1, 0.15) is 0 Å². The first-order valence-corrected chi connectivity index (χ1v) is 6.99. The van der Waals surface area contributed by atoms with Crippen LogP contribution in [0.5, 0.6) is 0 Å². The molecule has 1 N–H and O–H groups in total. The summed E-state index contributed by atoms with van der Waals surface area (Å²) in [5.74, 6) is 0. The van der Waals surface area contributed by atoms with Crippen LogP contribution in [-0.2, 0) is 6.54 Å². The molecule has 19 heavy (non-hydrogen) atoms. The Kier molecular flexibility index (Phi) is 4.62. The van der Waals surface area contributed by atoms with Gasteiger partial charge in [-0.25, -0.2) is 0 Å². The van der Waals surface area contributed by atoms with E-state index in [1.807, 2.05) is 12.1 Å². The van der Waals surface area contributed by atoms with Crippen molar-refractivity contribution in [2.24, 2.45) is 0 Å². The molecule has 0 saturated heterocycles. The lowest BCUT2D eigenvalue weighted by atomic mass is 10.1. The van der Waals surface area contributed by atoms with E-state index in [0.717, 1.165) is 11.6 Å². The summed E-state index contributed by atoms with van der Waals surface area (Å²) in [6.45, 7) is 7.35. The minimum Gasteiger partial charge on any atom is -0.306 e. The summed E-state index contributed by atoms with van der Waals surface area (Å²) < 4.78 is 0. The summed E-state index contributed by atoms with van der Waals surface area (Å²) in [7, 11) is 0. The molecular weight excluding hydrogens is 254 g/mol. The molecule has 0 aliphatic heterocycles. The van der Waals surface area contributed by atoms with E-state index in [1.165, 1.54) is 22.3 Å². The second kappa shape index (κ2) is 6.23. The van der Waals surface area contributed by atoms with E-state index in [2.05, 4.69) is 56.4 Å². The summed E-state index contributed by atoms with van der Waals surface area (Å²) in [6, 6.07) is 14.9. The number of nitrogens with one attached hydrogen (secondary N) is 1. The van der Waals surface area contributed by atoms with Crippen LogP contribution in [0.25, 0.3) is 0 Å². The molecule has 1 atom stereocenters. The van der Waals surface area contributed by atoms with Gasteiger partial charge in [0.25, 0.3) is 0 Å². The zero-order chi connectivity index (χ0) is 13.8. The highest BCUT2D eigenvalue weighted by Gasteiger charge is 2.05. The van der Waals surface area contributed by atoms with Crippen molar-refractivity contribution in [3.8, 4) is 0 Å².